The highest BCUT2D eigenvalue weighted by Gasteiger charge is 2.22. The zero-order valence-corrected chi connectivity index (χ0v) is 19.9. The first-order chi connectivity index (χ1) is 17.4. The smallest absolute Gasteiger partial charge is 0.185 e. The lowest BCUT2D eigenvalue weighted by Gasteiger charge is -2.14. The number of aryl methyl sites for hydroxylation is 2. The van der Waals surface area contributed by atoms with Gasteiger partial charge in [0.25, 0.3) is 0 Å². The van der Waals surface area contributed by atoms with Crippen molar-refractivity contribution in [1.82, 2.24) is 19.7 Å². The van der Waals surface area contributed by atoms with E-state index in [4.69, 9.17) is 4.74 Å². The minimum atomic E-state index is -0.565. The van der Waals surface area contributed by atoms with Gasteiger partial charge in [-0.2, -0.15) is 5.10 Å². The van der Waals surface area contributed by atoms with E-state index in [2.05, 4.69) is 15.1 Å². The van der Waals surface area contributed by atoms with Crippen molar-refractivity contribution in [2.75, 3.05) is 7.11 Å². The Morgan fingerprint density at radius 3 is 2.61 bits per heavy atom. The number of Topliss-reactive ketones (excluding diaryl/α,β-unsaturated/α-hetero) is 1. The average molecular weight is 485 g/mol. The molecular formula is C28H22F2N4O2. The third-order valence-corrected chi connectivity index (χ3v) is 6.18. The molecule has 0 fully saturated rings. The Hall–Kier alpha value is -4.46. The number of hydrogen-bond acceptors (Lipinski definition) is 5. The Kier molecular flexibility index (Phi) is 6.01. The van der Waals surface area contributed by atoms with Crippen LogP contribution in [0, 0.1) is 18.6 Å². The first-order valence-corrected chi connectivity index (χ1v) is 11.3. The Labute approximate surface area is 206 Å². The van der Waals surface area contributed by atoms with Crippen molar-refractivity contribution in [3.8, 4) is 28.3 Å². The standard InChI is InChI=1S/C28H22F2N4O2/c1-16-7-4-5-8-18(16)25-17(13-21(30)27-19(25)15-32-34(27)2)14-23(35)22-11-12-31-28(33-22)26-20(29)9-6-10-24(26)36-3/h4-13,15H,14H2,1-3H3. The SMILES string of the molecule is COc1cccc(F)c1-c1nccc(C(=O)Cc2cc(F)c3c(cnn3C)c2-c2ccccc2C)n1. The number of ketones is 1. The number of ether oxygens (including phenoxy) is 1. The van der Waals surface area contributed by atoms with Crippen molar-refractivity contribution in [2.45, 2.75) is 13.3 Å². The van der Waals surface area contributed by atoms with Gasteiger partial charge in [-0.1, -0.05) is 30.3 Å². The fraction of sp³-hybridized carbons (Fsp3) is 0.143. The minimum Gasteiger partial charge on any atom is -0.496 e. The van der Waals surface area contributed by atoms with Crippen LogP contribution in [0.3, 0.4) is 0 Å². The van der Waals surface area contributed by atoms with Gasteiger partial charge in [-0.15, -0.1) is 0 Å². The van der Waals surface area contributed by atoms with Crippen LogP contribution in [0.1, 0.15) is 21.6 Å². The van der Waals surface area contributed by atoms with Gasteiger partial charge < -0.3 is 4.74 Å². The molecule has 2 aromatic heterocycles. The number of nitrogens with zero attached hydrogens (tertiary/aromatic N) is 4. The Morgan fingerprint density at radius 2 is 1.83 bits per heavy atom. The molecule has 0 aliphatic heterocycles. The molecule has 0 saturated carbocycles. The maximum absolute atomic E-state index is 15.1. The number of carbonyl (C=O) groups excluding carboxylic acids is 1. The van der Waals surface area contributed by atoms with E-state index >= 15 is 4.39 Å². The highest BCUT2D eigenvalue weighted by Crippen LogP contribution is 2.36. The maximum atomic E-state index is 15.1. The fourth-order valence-corrected chi connectivity index (χ4v) is 4.47. The second-order valence-electron chi connectivity index (χ2n) is 8.42. The highest BCUT2D eigenvalue weighted by atomic mass is 19.1. The van der Waals surface area contributed by atoms with Crippen LogP contribution in [0.2, 0.25) is 0 Å². The molecule has 0 bridgehead atoms. The highest BCUT2D eigenvalue weighted by molar-refractivity contribution is 6.02. The van der Waals surface area contributed by atoms with Gasteiger partial charge in [0.2, 0.25) is 0 Å². The summed E-state index contributed by atoms with van der Waals surface area (Å²) in [7, 11) is 3.10. The van der Waals surface area contributed by atoms with Crippen molar-refractivity contribution in [2.24, 2.45) is 7.05 Å². The summed E-state index contributed by atoms with van der Waals surface area (Å²) in [6, 6.07) is 15.0. The average Bonchev–Trinajstić information content (AvgIpc) is 3.26. The van der Waals surface area contributed by atoms with Crippen molar-refractivity contribution >= 4 is 16.7 Å². The Morgan fingerprint density at radius 1 is 1.03 bits per heavy atom. The Balaban J connectivity index is 1.61. The molecule has 8 heteroatoms. The lowest BCUT2D eigenvalue weighted by molar-refractivity contribution is 0.0988. The van der Waals surface area contributed by atoms with E-state index in [1.54, 1.807) is 19.3 Å². The van der Waals surface area contributed by atoms with Gasteiger partial charge in [0, 0.05) is 25.1 Å². The summed E-state index contributed by atoms with van der Waals surface area (Å²) >= 11 is 0. The van der Waals surface area contributed by atoms with E-state index in [1.807, 2.05) is 31.2 Å². The van der Waals surface area contributed by atoms with Crippen LogP contribution >= 0.6 is 0 Å². The van der Waals surface area contributed by atoms with Crippen LogP contribution in [0.5, 0.6) is 5.75 Å². The number of methoxy groups -OCH3 is 1. The van der Waals surface area contributed by atoms with E-state index in [0.717, 1.165) is 16.7 Å². The Bertz CT molecular complexity index is 1630. The summed E-state index contributed by atoms with van der Waals surface area (Å²) in [4.78, 5) is 21.9. The van der Waals surface area contributed by atoms with Gasteiger partial charge in [-0.3, -0.25) is 9.48 Å². The monoisotopic (exact) mass is 484 g/mol. The van der Waals surface area contributed by atoms with E-state index in [0.29, 0.717) is 16.5 Å². The molecule has 0 unspecified atom stereocenters. The molecule has 5 aromatic rings. The second kappa shape index (κ2) is 9.30. The quantitative estimate of drug-likeness (QED) is 0.289. The third-order valence-electron chi connectivity index (χ3n) is 6.18. The molecule has 0 spiro atoms. The molecule has 3 aromatic carbocycles. The van der Waals surface area contributed by atoms with E-state index in [9.17, 15) is 9.18 Å². The zero-order chi connectivity index (χ0) is 25.4. The molecule has 0 aliphatic carbocycles. The van der Waals surface area contributed by atoms with Crippen LogP contribution in [0.4, 0.5) is 8.78 Å². The summed E-state index contributed by atoms with van der Waals surface area (Å²) in [6.07, 6.45) is 2.90. The van der Waals surface area contributed by atoms with Crippen molar-refractivity contribution in [3.05, 3.63) is 95.4 Å². The minimum absolute atomic E-state index is 0.0313. The van der Waals surface area contributed by atoms with Crippen LogP contribution in [-0.4, -0.2) is 32.6 Å². The number of hydrogen-bond donors (Lipinski definition) is 0. The normalized spacial score (nSPS) is 11.1. The molecule has 36 heavy (non-hydrogen) atoms. The lowest BCUT2D eigenvalue weighted by atomic mass is 9.90. The first kappa shape index (κ1) is 23.3. The van der Waals surface area contributed by atoms with Gasteiger partial charge in [0.15, 0.2) is 11.6 Å². The molecule has 5 rings (SSSR count). The van der Waals surface area contributed by atoms with Crippen LogP contribution in [0.25, 0.3) is 33.4 Å². The number of rotatable bonds is 6. The molecule has 0 amide bonds. The van der Waals surface area contributed by atoms with Crippen LogP contribution < -0.4 is 4.74 Å². The summed E-state index contributed by atoms with van der Waals surface area (Å²) < 4.78 is 36.5. The first-order valence-electron chi connectivity index (χ1n) is 11.3. The molecule has 2 heterocycles. The van der Waals surface area contributed by atoms with Gasteiger partial charge in [-0.25, -0.2) is 18.7 Å². The molecule has 180 valence electrons. The van der Waals surface area contributed by atoms with E-state index in [1.165, 1.54) is 42.3 Å². The molecular weight excluding hydrogens is 462 g/mol. The van der Waals surface area contributed by atoms with E-state index < -0.39 is 11.6 Å². The number of benzene rings is 3. The molecule has 0 radical (unpaired) electrons. The van der Waals surface area contributed by atoms with Crippen molar-refractivity contribution < 1.29 is 18.3 Å². The van der Waals surface area contributed by atoms with Crippen LogP contribution in [0.15, 0.2) is 67.0 Å². The summed E-state index contributed by atoms with van der Waals surface area (Å²) in [5.41, 5.74) is 3.65. The number of fused-ring (bicyclic) bond motifs is 1. The van der Waals surface area contributed by atoms with Crippen molar-refractivity contribution in [1.29, 1.82) is 0 Å². The molecule has 0 aliphatic rings. The van der Waals surface area contributed by atoms with Gasteiger partial charge in [-0.05, 0) is 53.4 Å². The summed E-state index contributed by atoms with van der Waals surface area (Å²) in [6.45, 7) is 1.96. The summed E-state index contributed by atoms with van der Waals surface area (Å²) in [5.74, 6) is -1.10. The molecule has 0 saturated heterocycles. The van der Waals surface area contributed by atoms with Crippen LogP contribution in [-0.2, 0) is 13.5 Å². The van der Waals surface area contributed by atoms with Gasteiger partial charge >= 0.3 is 0 Å². The topological polar surface area (TPSA) is 69.9 Å². The number of aromatic nitrogens is 4. The fourth-order valence-electron chi connectivity index (χ4n) is 4.47. The molecule has 0 N–H and O–H groups in total. The predicted molar refractivity (Wildman–Crippen MR) is 133 cm³/mol. The third kappa shape index (κ3) is 4.00. The van der Waals surface area contributed by atoms with Gasteiger partial charge in [0.05, 0.1) is 18.9 Å². The molecule has 6 nitrogen and oxygen atoms in total. The van der Waals surface area contributed by atoms with Crippen molar-refractivity contribution in [3.63, 3.8) is 0 Å². The number of carbonyl (C=O) groups is 1. The summed E-state index contributed by atoms with van der Waals surface area (Å²) in [5, 5.41) is 4.86. The largest absolute Gasteiger partial charge is 0.496 e. The number of halogens is 2. The second-order valence-corrected chi connectivity index (χ2v) is 8.42. The van der Waals surface area contributed by atoms with E-state index in [-0.39, 0.29) is 35.0 Å². The lowest BCUT2D eigenvalue weighted by Crippen LogP contribution is -2.10. The zero-order valence-electron chi connectivity index (χ0n) is 19.9. The maximum Gasteiger partial charge on any atom is 0.185 e. The van der Waals surface area contributed by atoms with Gasteiger partial charge in [0.1, 0.15) is 28.6 Å². The molecule has 0 atom stereocenters. The predicted octanol–water partition coefficient (Wildman–Crippen LogP) is 5.72.